The van der Waals surface area contributed by atoms with Gasteiger partial charge in [0.15, 0.2) is 0 Å². The quantitative estimate of drug-likeness (QED) is 0.521. The molecule has 2 bridgehead atoms. The monoisotopic (exact) mass is 154 g/mol. The third kappa shape index (κ3) is 1.10. The molecule has 2 aliphatic heterocycles. The SMILES string of the molecule is CC1CC2(C)CC(C)C1CO2. The fraction of sp³-hybridized carbons (Fsp3) is 1.00. The Balaban J connectivity index is 2.19. The van der Waals surface area contributed by atoms with E-state index < -0.39 is 0 Å². The summed E-state index contributed by atoms with van der Waals surface area (Å²) in [4.78, 5) is 0. The van der Waals surface area contributed by atoms with E-state index in [2.05, 4.69) is 20.8 Å². The van der Waals surface area contributed by atoms with Crippen LogP contribution >= 0.6 is 0 Å². The molecule has 2 unspecified atom stereocenters. The largest absolute Gasteiger partial charge is 0.375 e. The molecule has 0 amide bonds. The van der Waals surface area contributed by atoms with Crippen molar-refractivity contribution in [3.63, 3.8) is 0 Å². The summed E-state index contributed by atoms with van der Waals surface area (Å²) in [6.07, 6.45) is 2.56. The highest BCUT2D eigenvalue weighted by atomic mass is 16.5. The molecule has 64 valence electrons. The molecule has 11 heavy (non-hydrogen) atoms. The first-order valence-electron chi connectivity index (χ1n) is 4.75. The molecule has 3 aliphatic rings. The van der Waals surface area contributed by atoms with Crippen LogP contribution in [0.2, 0.25) is 0 Å². The lowest BCUT2D eigenvalue weighted by atomic mass is 9.65. The molecule has 0 aromatic rings. The minimum absolute atomic E-state index is 0.230. The second-order valence-electron chi connectivity index (χ2n) is 4.79. The van der Waals surface area contributed by atoms with Gasteiger partial charge in [-0.15, -0.1) is 0 Å². The summed E-state index contributed by atoms with van der Waals surface area (Å²) < 4.78 is 5.81. The lowest BCUT2D eigenvalue weighted by Gasteiger charge is -2.51. The number of fused-ring (bicyclic) bond motifs is 3. The molecule has 1 saturated carbocycles. The van der Waals surface area contributed by atoms with E-state index in [0.29, 0.717) is 0 Å². The maximum atomic E-state index is 5.81. The molecule has 2 atom stereocenters. The molecule has 3 rings (SSSR count). The van der Waals surface area contributed by atoms with E-state index in [4.69, 9.17) is 4.74 Å². The lowest BCUT2D eigenvalue weighted by Crippen LogP contribution is -2.50. The predicted octanol–water partition coefficient (Wildman–Crippen LogP) is 2.46. The molecule has 0 spiro atoms. The van der Waals surface area contributed by atoms with E-state index >= 15 is 0 Å². The summed E-state index contributed by atoms with van der Waals surface area (Å²) in [7, 11) is 0. The fourth-order valence-corrected chi connectivity index (χ4v) is 3.05. The van der Waals surface area contributed by atoms with Crippen LogP contribution in [-0.4, -0.2) is 12.2 Å². The minimum atomic E-state index is 0.230. The zero-order chi connectivity index (χ0) is 8.06. The van der Waals surface area contributed by atoms with Crippen LogP contribution in [0.15, 0.2) is 0 Å². The van der Waals surface area contributed by atoms with Crippen LogP contribution in [0.5, 0.6) is 0 Å². The van der Waals surface area contributed by atoms with Crippen molar-refractivity contribution in [2.45, 2.75) is 39.2 Å². The Morgan fingerprint density at radius 3 is 2.09 bits per heavy atom. The molecule has 0 aromatic heterocycles. The minimum Gasteiger partial charge on any atom is -0.375 e. The van der Waals surface area contributed by atoms with Gasteiger partial charge >= 0.3 is 0 Å². The maximum Gasteiger partial charge on any atom is 0.0660 e. The van der Waals surface area contributed by atoms with Crippen molar-refractivity contribution in [3.05, 3.63) is 0 Å². The number of rotatable bonds is 0. The van der Waals surface area contributed by atoms with Gasteiger partial charge in [-0.1, -0.05) is 13.8 Å². The molecular weight excluding hydrogens is 136 g/mol. The van der Waals surface area contributed by atoms with Gasteiger partial charge in [-0.05, 0) is 37.5 Å². The molecular formula is C10H18O. The Morgan fingerprint density at radius 2 is 1.73 bits per heavy atom. The van der Waals surface area contributed by atoms with Gasteiger partial charge < -0.3 is 4.74 Å². The van der Waals surface area contributed by atoms with Crippen molar-refractivity contribution in [2.75, 3.05) is 6.61 Å². The van der Waals surface area contributed by atoms with Gasteiger partial charge in [-0.3, -0.25) is 0 Å². The normalized spacial score (nSPS) is 56.5. The molecule has 0 radical (unpaired) electrons. The first kappa shape index (κ1) is 7.60. The zero-order valence-corrected chi connectivity index (χ0v) is 7.76. The molecule has 1 nitrogen and oxygen atoms in total. The smallest absolute Gasteiger partial charge is 0.0660 e. The molecule has 0 aromatic carbocycles. The van der Waals surface area contributed by atoms with Gasteiger partial charge in [0.2, 0.25) is 0 Å². The van der Waals surface area contributed by atoms with Crippen molar-refractivity contribution in [1.82, 2.24) is 0 Å². The Hall–Kier alpha value is -0.0400. The second-order valence-corrected chi connectivity index (χ2v) is 4.79. The van der Waals surface area contributed by atoms with E-state index in [-0.39, 0.29) is 5.60 Å². The number of hydrogen-bond acceptors (Lipinski definition) is 1. The average Bonchev–Trinajstić information content (AvgIpc) is 1.83. The van der Waals surface area contributed by atoms with Crippen LogP contribution in [0.3, 0.4) is 0 Å². The summed E-state index contributed by atoms with van der Waals surface area (Å²) in [5, 5.41) is 0. The van der Waals surface area contributed by atoms with Crippen molar-refractivity contribution >= 4 is 0 Å². The van der Waals surface area contributed by atoms with E-state index in [1.165, 1.54) is 12.8 Å². The van der Waals surface area contributed by atoms with E-state index in [0.717, 1.165) is 24.4 Å². The van der Waals surface area contributed by atoms with Gasteiger partial charge in [0.25, 0.3) is 0 Å². The fourth-order valence-electron chi connectivity index (χ4n) is 3.05. The second kappa shape index (κ2) is 2.22. The Bertz CT molecular complexity index is 152. The summed E-state index contributed by atoms with van der Waals surface area (Å²) in [5.41, 5.74) is 0.230. The topological polar surface area (TPSA) is 9.23 Å². The average molecular weight is 154 g/mol. The van der Waals surface area contributed by atoms with Crippen LogP contribution in [0, 0.1) is 17.8 Å². The van der Waals surface area contributed by atoms with Gasteiger partial charge in [0.1, 0.15) is 0 Å². The maximum absolute atomic E-state index is 5.81. The third-order valence-corrected chi connectivity index (χ3v) is 3.59. The van der Waals surface area contributed by atoms with E-state index in [1.807, 2.05) is 0 Å². The highest BCUT2D eigenvalue weighted by molar-refractivity contribution is 4.95. The van der Waals surface area contributed by atoms with Crippen LogP contribution in [-0.2, 0) is 4.74 Å². The zero-order valence-electron chi connectivity index (χ0n) is 7.76. The molecule has 1 aliphatic carbocycles. The summed E-state index contributed by atoms with van der Waals surface area (Å²) in [6.45, 7) is 8.04. The molecule has 0 N–H and O–H groups in total. The summed E-state index contributed by atoms with van der Waals surface area (Å²) in [6, 6.07) is 0. The van der Waals surface area contributed by atoms with Gasteiger partial charge in [0.05, 0.1) is 12.2 Å². The molecule has 1 heteroatoms. The Labute approximate surface area is 69.1 Å². The van der Waals surface area contributed by atoms with Crippen LogP contribution in [0.25, 0.3) is 0 Å². The van der Waals surface area contributed by atoms with Gasteiger partial charge in [-0.25, -0.2) is 0 Å². The molecule has 3 fully saturated rings. The molecule has 2 heterocycles. The van der Waals surface area contributed by atoms with Crippen LogP contribution in [0.1, 0.15) is 33.6 Å². The van der Waals surface area contributed by atoms with E-state index in [9.17, 15) is 0 Å². The Morgan fingerprint density at radius 1 is 1.18 bits per heavy atom. The summed E-state index contributed by atoms with van der Waals surface area (Å²) >= 11 is 0. The summed E-state index contributed by atoms with van der Waals surface area (Å²) in [5.74, 6) is 2.62. The van der Waals surface area contributed by atoms with Gasteiger partial charge in [-0.2, -0.15) is 0 Å². The van der Waals surface area contributed by atoms with Gasteiger partial charge in [0, 0.05) is 0 Å². The first-order chi connectivity index (χ1) is 5.11. The van der Waals surface area contributed by atoms with Crippen molar-refractivity contribution in [1.29, 1.82) is 0 Å². The lowest BCUT2D eigenvalue weighted by molar-refractivity contribution is -0.176. The Kier molecular flexibility index (Phi) is 1.54. The third-order valence-electron chi connectivity index (χ3n) is 3.59. The van der Waals surface area contributed by atoms with Crippen molar-refractivity contribution < 1.29 is 4.74 Å². The molecule has 2 saturated heterocycles. The number of hydrogen-bond donors (Lipinski definition) is 0. The highest BCUT2D eigenvalue weighted by Crippen LogP contribution is 2.47. The van der Waals surface area contributed by atoms with E-state index in [1.54, 1.807) is 0 Å². The van der Waals surface area contributed by atoms with Crippen molar-refractivity contribution in [2.24, 2.45) is 17.8 Å². The standard InChI is InChI=1S/C10H18O/c1-7-4-10(3)5-8(2)9(7)6-11-10/h7-9H,4-6H2,1-3H3. The van der Waals surface area contributed by atoms with Crippen molar-refractivity contribution in [3.8, 4) is 0 Å². The van der Waals surface area contributed by atoms with Crippen LogP contribution in [0.4, 0.5) is 0 Å². The predicted molar refractivity (Wildman–Crippen MR) is 45.4 cm³/mol. The first-order valence-corrected chi connectivity index (χ1v) is 4.75. The highest BCUT2D eigenvalue weighted by Gasteiger charge is 2.45. The van der Waals surface area contributed by atoms with Crippen LogP contribution < -0.4 is 0 Å². The number of ether oxygens (including phenoxy) is 1.